The van der Waals surface area contributed by atoms with E-state index in [0.29, 0.717) is 0 Å². The Morgan fingerprint density at radius 2 is 1.00 bits per heavy atom. The molecule has 0 aliphatic heterocycles. The van der Waals surface area contributed by atoms with Crippen LogP contribution < -0.4 is 0 Å². The van der Waals surface area contributed by atoms with E-state index < -0.39 is 0 Å². The fourth-order valence-corrected chi connectivity index (χ4v) is 0. The Labute approximate surface area is 67.5 Å². The first-order valence-electron chi connectivity index (χ1n) is 0. The first-order chi connectivity index (χ1) is 0. The monoisotopic (exact) mass is 206 g/mol. The summed E-state index contributed by atoms with van der Waals surface area (Å²) >= 11 is 0. The van der Waals surface area contributed by atoms with Crippen molar-refractivity contribution in [1.82, 2.24) is 0 Å². The average molecular weight is 207 g/mol. The fourth-order valence-electron chi connectivity index (χ4n) is 0. The maximum absolute atomic E-state index is 0. The molecule has 0 aromatic rings. The van der Waals surface area contributed by atoms with Crippen molar-refractivity contribution in [3.63, 3.8) is 0 Å². The van der Waals surface area contributed by atoms with Crippen LogP contribution in [0.3, 0.4) is 0 Å². The van der Waals surface area contributed by atoms with Gasteiger partial charge in [-0.3, -0.25) is 0 Å². The van der Waals surface area contributed by atoms with Crippen molar-refractivity contribution in [3.05, 3.63) is 0 Å². The zero-order valence-electron chi connectivity index (χ0n) is 0.996. The molecular formula is H3AlCuMnNi. The normalized spacial score (nSPS) is 0. The summed E-state index contributed by atoms with van der Waals surface area (Å²) in [5.74, 6) is 0. The van der Waals surface area contributed by atoms with Gasteiger partial charge in [-0.15, -0.1) is 0 Å². The Morgan fingerprint density at radius 3 is 1.00 bits per heavy atom. The molecule has 0 rings (SSSR count). The molecule has 0 aliphatic rings. The minimum absolute atomic E-state index is 0. The predicted octanol–water partition coefficient (Wildman–Crippen LogP) is -1.19. The second-order valence-electron chi connectivity index (χ2n) is 0. The molecule has 34 valence electrons. The quantitative estimate of drug-likeness (QED) is 0.438. The summed E-state index contributed by atoms with van der Waals surface area (Å²) < 4.78 is 0. The molecule has 4 heavy (non-hydrogen) atoms. The third-order valence-electron chi connectivity index (χ3n) is 0. The van der Waals surface area contributed by atoms with Crippen LogP contribution in [0, 0.1) is 0 Å². The molecule has 0 atom stereocenters. The predicted molar refractivity (Wildman–Crippen MR) is 9.94 cm³/mol. The topological polar surface area (TPSA) is 0 Å². The number of rotatable bonds is 0. The molecule has 0 amide bonds. The molecule has 0 unspecified atom stereocenters. The molecule has 0 N–H and O–H groups in total. The second kappa shape index (κ2) is 19.6. The van der Waals surface area contributed by atoms with Crippen molar-refractivity contribution < 1.29 is 50.6 Å². The van der Waals surface area contributed by atoms with Crippen molar-refractivity contribution in [2.24, 2.45) is 0 Å². The molecule has 0 nitrogen and oxygen atoms in total. The number of hydrogen-bond donors (Lipinski definition) is 0. The van der Waals surface area contributed by atoms with Gasteiger partial charge in [0.05, 0.1) is 0 Å². The van der Waals surface area contributed by atoms with Gasteiger partial charge in [0.2, 0.25) is 0 Å². The van der Waals surface area contributed by atoms with E-state index in [2.05, 4.69) is 0 Å². The van der Waals surface area contributed by atoms with Gasteiger partial charge in [0.25, 0.3) is 0 Å². The van der Waals surface area contributed by atoms with Gasteiger partial charge in [-0.25, -0.2) is 0 Å². The summed E-state index contributed by atoms with van der Waals surface area (Å²) in [5.41, 5.74) is 0. The van der Waals surface area contributed by atoms with Crippen molar-refractivity contribution in [1.29, 1.82) is 0 Å². The molecule has 0 bridgehead atoms. The summed E-state index contributed by atoms with van der Waals surface area (Å²) in [4.78, 5) is 0. The fraction of sp³-hybridized carbons (Fsp3) is 0. The Kier molecular flexibility index (Phi) is 179. The van der Waals surface area contributed by atoms with Crippen molar-refractivity contribution in [3.8, 4) is 0 Å². The van der Waals surface area contributed by atoms with Crippen molar-refractivity contribution in [2.75, 3.05) is 0 Å². The standard InChI is InChI=1S/Al.Cu.Mn.Ni.3H. The SMILES string of the molecule is [AlH3].[Cu].[Mn].[Ni]. The molecule has 0 aromatic heterocycles. The van der Waals surface area contributed by atoms with E-state index >= 15 is 0 Å². The minimum Gasteiger partial charge on any atom is 0 e. The molecule has 0 heterocycles. The Bertz CT molecular complexity index is 8.00. The third kappa shape index (κ3) is 8.96. The van der Waals surface area contributed by atoms with Gasteiger partial charge >= 0.3 is 0 Å². The zero-order chi connectivity index (χ0) is 0. The van der Waals surface area contributed by atoms with Crippen LogP contribution in [0.2, 0.25) is 0 Å². The summed E-state index contributed by atoms with van der Waals surface area (Å²) in [6.45, 7) is 0. The van der Waals surface area contributed by atoms with Crippen molar-refractivity contribution >= 4 is 17.4 Å². The van der Waals surface area contributed by atoms with Gasteiger partial charge in [0, 0.05) is 50.6 Å². The van der Waals surface area contributed by atoms with Gasteiger partial charge in [-0.1, -0.05) is 0 Å². The molecular weight excluding hydrogens is 204 g/mol. The van der Waals surface area contributed by atoms with Crippen LogP contribution in [-0.2, 0) is 50.6 Å². The van der Waals surface area contributed by atoms with Crippen LogP contribution in [0.5, 0.6) is 0 Å². The van der Waals surface area contributed by atoms with E-state index in [1.165, 1.54) is 0 Å². The van der Waals surface area contributed by atoms with Crippen LogP contribution >= 0.6 is 0 Å². The van der Waals surface area contributed by atoms with Crippen LogP contribution in [-0.4, -0.2) is 17.4 Å². The van der Waals surface area contributed by atoms with Gasteiger partial charge in [0.15, 0.2) is 17.4 Å². The van der Waals surface area contributed by atoms with Crippen LogP contribution in [0.15, 0.2) is 0 Å². The molecule has 0 saturated carbocycles. The van der Waals surface area contributed by atoms with Gasteiger partial charge < -0.3 is 0 Å². The van der Waals surface area contributed by atoms with E-state index in [0.717, 1.165) is 0 Å². The Morgan fingerprint density at radius 1 is 1.00 bits per heavy atom. The summed E-state index contributed by atoms with van der Waals surface area (Å²) in [6, 6.07) is 0. The molecule has 0 aromatic carbocycles. The zero-order valence-corrected chi connectivity index (χ0v) is 4.11. The molecule has 2 radical (unpaired) electrons. The maximum Gasteiger partial charge on any atom is 0.187 e. The third-order valence-corrected chi connectivity index (χ3v) is 0. The smallest absolute Gasteiger partial charge is 0 e. The van der Waals surface area contributed by atoms with Gasteiger partial charge in [0.1, 0.15) is 0 Å². The van der Waals surface area contributed by atoms with Crippen LogP contribution in [0.25, 0.3) is 0 Å². The van der Waals surface area contributed by atoms with Crippen molar-refractivity contribution in [2.45, 2.75) is 0 Å². The first-order valence-corrected chi connectivity index (χ1v) is 0. The van der Waals surface area contributed by atoms with E-state index in [9.17, 15) is 0 Å². The van der Waals surface area contributed by atoms with E-state index in [-0.39, 0.29) is 68.0 Å². The summed E-state index contributed by atoms with van der Waals surface area (Å²) in [5, 5.41) is 0. The molecule has 0 fully saturated rings. The van der Waals surface area contributed by atoms with Crippen LogP contribution in [0.1, 0.15) is 0 Å². The largest absolute Gasteiger partial charge is 0.187 e. The second-order valence-corrected chi connectivity index (χ2v) is 0. The van der Waals surface area contributed by atoms with E-state index in [4.69, 9.17) is 0 Å². The Hall–Kier alpha value is 2.06. The van der Waals surface area contributed by atoms with Crippen LogP contribution in [0.4, 0.5) is 0 Å². The summed E-state index contributed by atoms with van der Waals surface area (Å²) in [7, 11) is 0. The Balaban J connectivity index is 0. The maximum atomic E-state index is 0. The number of hydrogen-bond acceptors (Lipinski definition) is 0. The molecule has 4 heteroatoms. The molecule has 0 spiro atoms. The van der Waals surface area contributed by atoms with Gasteiger partial charge in [-0.2, -0.15) is 0 Å². The van der Waals surface area contributed by atoms with Gasteiger partial charge in [-0.05, 0) is 0 Å². The molecule has 0 saturated heterocycles. The minimum atomic E-state index is 0. The summed E-state index contributed by atoms with van der Waals surface area (Å²) in [6.07, 6.45) is 0. The van der Waals surface area contributed by atoms with E-state index in [1.54, 1.807) is 0 Å². The first kappa shape index (κ1) is 36.5. The molecule has 0 aliphatic carbocycles. The van der Waals surface area contributed by atoms with E-state index in [1.807, 2.05) is 0 Å². The average Bonchev–Trinajstić information content (AvgIpc) is 0.